The first-order valence-corrected chi connectivity index (χ1v) is 5.70. The monoisotopic (exact) mass is 239 g/mol. The van der Waals surface area contributed by atoms with Crippen LogP contribution in [0.5, 0.6) is 0 Å². The predicted octanol–water partition coefficient (Wildman–Crippen LogP) is 2.15. The number of nitrogens with two attached hydrogens (primary N) is 1. The molecule has 0 bridgehead atoms. The van der Waals surface area contributed by atoms with Gasteiger partial charge in [0.2, 0.25) is 0 Å². The van der Waals surface area contributed by atoms with Crippen molar-refractivity contribution in [3.63, 3.8) is 0 Å². The fraction of sp³-hybridized carbons (Fsp3) is 0.0769. The summed E-state index contributed by atoms with van der Waals surface area (Å²) in [5.74, 6) is 0. The minimum atomic E-state index is 0.676. The van der Waals surface area contributed by atoms with Crippen LogP contribution < -0.4 is 11.1 Å². The SMILES string of the molecule is Nc1ccc(NCc2ccn[nH]2)c2ncccc12. The molecule has 0 unspecified atom stereocenters. The zero-order valence-electron chi connectivity index (χ0n) is 9.72. The van der Waals surface area contributed by atoms with Crippen LogP contribution in [-0.4, -0.2) is 15.2 Å². The van der Waals surface area contributed by atoms with Crippen molar-refractivity contribution in [1.82, 2.24) is 15.2 Å². The first kappa shape index (κ1) is 10.6. The zero-order chi connectivity index (χ0) is 12.4. The minimum absolute atomic E-state index is 0.676. The van der Waals surface area contributed by atoms with E-state index in [2.05, 4.69) is 20.5 Å². The predicted molar refractivity (Wildman–Crippen MR) is 72.1 cm³/mol. The summed E-state index contributed by atoms with van der Waals surface area (Å²) in [4.78, 5) is 4.37. The molecule has 0 amide bonds. The number of rotatable bonds is 3. The third kappa shape index (κ3) is 1.86. The second-order valence-electron chi connectivity index (χ2n) is 4.04. The van der Waals surface area contributed by atoms with Crippen LogP contribution in [-0.2, 0) is 6.54 Å². The topological polar surface area (TPSA) is 79.6 Å². The molecule has 2 heterocycles. The summed E-state index contributed by atoms with van der Waals surface area (Å²) in [5.41, 5.74) is 9.55. The van der Waals surface area contributed by atoms with Crippen molar-refractivity contribution in [2.45, 2.75) is 6.54 Å². The quantitative estimate of drug-likeness (QED) is 0.612. The summed E-state index contributed by atoms with van der Waals surface area (Å²) in [6.07, 6.45) is 3.50. The van der Waals surface area contributed by atoms with Crippen LogP contribution in [0.25, 0.3) is 10.9 Å². The van der Waals surface area contributed by atoms with Crippen LogP contribution >= 0.6 is 0 Å². The van der Waals surface area contributed by atoms with Gasteiger partial charge in [-0.2, -0.15) is 5.10 Å². The Morgan fingerprint density at radius 1 is 1.17 bits per heavy atom. The van der Waals surface area contributed by atoms with Gasteiger partial charge >= 0.3 is 0 Å². The van der Waals surface area contributed by atoms with E-state index in [1.54, 1.807) is 12.4 Å². The van der Waals surface area contributed by atoms with Gasteiger partial charge < -0.3 is 11.1 Å². The maximum absolute atomic E-state index is 5.93. The maximum atomic E-state index is 5.93. The van der Waals surface area contributed by atoms with Gasteiger partial charge in [-0.05, 0) is 30.3 Å². The highest BCUT2D eigenvalue weighted by Crippen LogP contribution is 2.26. The van der Waals surface area contributed by atoms with Crippen molar-refractivity contribution >= 4 is 22.3 Å². The largest absolute Gasteiger partial charge is 0.398 e. The highest BCUT2D eigenvalue weighted by molar-refractivity contribution is 5.98. The fourth-order valence-electron chi connectivity index (χ4n) is 1.91. The molecule has 0 fully saturated rings. The smallest absolute Gasteiger partial charge is 0.0953 e. The molecule has 5 nitrogen and oxygen atoms in total. The Morgan fingerprint density at radius 3 is 2.94 bits per heavy atom. The van der Waals surface area contributed by atoms with E-state index in [9.17, 15) is 0 Å². The highest BCUT2D eigenvalue weighted by atomic mass is 15.1. The van der Waals surface area contributed by atoms with Crippen LogP contribution in [0.1, 0.15) is 5.69 Å². The van der Waals surface area contributed by atoms with E-state index in [4.69, 9.17) is 5.73 Å². The Morgan fingerprint density at radius 2 is 2.11 bits per heavy atom. The van der Waals surface area contributed by atoms with Crippen LogP contribution in [0, 0.1) is 0 Å². The van der Waals surface area contributed by atoms with Gasteiger partial charge in [-0.1, -0.05) is 0 Å². The van der Waals surface area contributed by atoms with Crippen molar-refractivity contribution in [3.05, 3.63) is 48.4 Å². The molecule has 5 heteroatoms. The molecule has 3 aromatic rings. The van der Waals surface area contributed by atoms with E-state index in [1.165, 1.54) is 0 Å². The van der Waals surface area contributed by atoms with Crippen molar-refractivity contribution in [2.24, 2.45) is 0 Å². The number of benzene rings is 1. The second-order valence-corrected chi connectivity index (χ2v) is 4.04. The molecule has 0 radical (unpaired) electrons. The van der Waals surface area contributed by atoms with Gasteiger partial charge in [0.25, 0.3) is 0 Å². The molecule has 3 rings (SSSR count). The molecule has 2 aromatic heterocycles. The molecule has 1 aromatic carbocycles. The van der Waals surface area contributed by atoms with Crippen LogP contribution in [0.3, 0.4) is 0 Å². The Hall–Kier alpha value is -2.56. The molecule has 0 saturated heterocycles. The summed E-state index contributed by atoms with van der Waals surface area (Å²) in [7, 11) is 0. The van der Waals surface area contributed by atoms with E-state index >= 15 is 0 Å². The van der Waals surface area contributed by atoms with Gasteiger partial charge in [-0.3, -0.25) is 10.1 Å². The first-order chi connectivity index (χ1) is 8.84. The van der Waals surface area contributed by atoms with Crippen LogP contribution in [0.15, 0.2) is 42.7 Å². The molecule has 4 N–H and O–H groups in total. The van der Waals surface area contributed by atoms with Crippen LogP contribution in [0.2, 0.25) is 0 Å². The molecule has 90 valence electrons. The average Bonchev–Trinajstić information content (AvgIpc) is 2.92. The van der Waals surface area contributed by atoms with E-state index in [1.807, 2.05) is 30.3 Å². The van der Waals surface area contributed by atoms with Crippen molar-refractivity contribution in [1.29, 1.82) is 0 Å². The number of pyridine rings is 1. The number of H-pyrrole nitrogens is 1. The number of hydrogen-bond donors (Lipinski definition) is 3. The summed E-state index contributed by atoms with van der Waals surface area (Å²) in [6, 6.07) is 9.62. The Bertz CT molecular complexity index is 660. The molecular weight excluding hydrogens is 226 g/mol. The molecule has 0 saturated carbocycles. The minimum Gasteiger partial charge on any atom is -0.398 e. The van der Waals surface area contributed by atoms with Gasteiger partial charge in [0, 0.05) is 23.5 Å². The number of nitrogen functional groups attached to an aromatic ring is 1. The van der Waals surface area contributed by atoms with E-state index in [0.717, 1.165) is 28.0 Å². The van der Waals surface area contributed by atoms with Gasteiger partial charge in [0.15, 0.2) is 0 Å². The van der Waals surface area contributed by atoms with E-state index in [-0.39, 0.29) is 0 Å². The van der Waals surface area contributed by atoms with Crippen molar-refractivity contribution in [2.75, 3.05) is 11.1 Å². The Labute approximate surface area is 104 Å². The first-order valence-electron chi connectivity index (χ1n) is 5.70. The number of anilines is 2. The average molecular weight is 239 g/mol. The molecule has 0 spiro atoms. The Kier molecular flexibility index (Phi) is 2.57. The normalized spacial score (nSPS) is 10.7. The van der Waals surface area contributed by atoms with Gasteiger partial charge in [-0.15, -0.1) is 0 Å². The number of nitrogens with one attached hydrogen (secondary N) is 2. The van der Waals surface area contributed by atoms with Gasteiger partial charge in [0.05, 0.1) is 23.4 Å². The number of nitrogens with zero attached hydrogens (tertiary/aromatic N) is 2. The number of fused-ring (bicyclic) bond motifs is 1. The van der Waals surface area contributed by atoms with E-state index < -0.39 is 0 Å². The molecule has 0 aliphatic heterocycles. The third-order valence-electron chi connectivity index (χ3n) is 2.83. The maximum Gasteiger partial charge on any atom is 0.0953 e. The van der Waals surface area contributed by atoms with Gasteiger partial charge in [0.1, 0.15) is 0 Å². The lowest BCUT2D eigenvalue weighted by atomic mass is 10.1. The molecule has 0 atom stereocenters. The highest BCUT2D eigenvalue weighted by Gasteiger charge is 2.04. The fourth-order valence-corrected chi connectivity index (χ4v) is 1.91. The summed E-state index contributed by atoms with van der Waals surface area (Å²) in [6.45, 7) is 0.676. The lowest BCUT2D eigenvalue weighted by Gasteiger charge is -2.09. The molecule has 0 aliphatic rings. The number of aromatic nitrogens is 3. The lowest BCUT2D eigenvalue weighted by Crippen LogP contribution is -2.02. The van der Waals surface area contributed by atoms with E-state index in [0.29, 0.717) is 6.54 Å². The Balaban J connectivity index is 1.94. The summed E-state index contributed by atoms with van der Waals surface area (Å²) in [5, 5.41) is 11.1. The number of aromatic amines is 1. The zero-order valence-corrected chi connectivity index (χ0v) is 9.72. The molecule has 0 aliphatic carbocycles. The van der Waals surface area contributed by atoms with Crippen molar-refractivity contribution < 1.29 is 0 Å². The number of hydrogen-bond acceptors (Lipinski definition) is 4. The second kappa shape index (κ2) is 4.37. The van der Waals surface area contributed by atoms with Crippen LogP contribution in [0.4, 0.5) is 11.4 Å². The standard InChI is InChI=1S/C13H13N5/c14-11-3-4-12(13-10(11)2-1-6-15-13)16-8-9-5-7-17-18-9/h1-7,16H,8,14H2,(H,17,18). The van der Waals surface area contributed by atoms with Crippen molar-refractivity contribution in [3.8, 4) is 0 Å². The lowest BCUT2D eigenvalue weighted by molar-refractivity contribution is 0.982. The molecular formula is C13H13N5. The molecule has 18 heavy (non-hydrogen) atoms. The third-order valence-corrected chi connectivity index (χ3v) is 2.83. The summed E-state index contributed by atoms with van der Waals surface area (Å²) >= 11 is 0. The van der Waals surface area contributed by atoms with Gasteiger partial charge in [-0.25, -0.2) is 0 Å². The summed E-state index contributed by atoms with van der Waals surface area (Å²) < 4.78 is 0.